The molecular weight excluding hydrogens is 381 g/mol. The van der Waals surface area contributed by atoms with Gasteiger partial charge in [0.25, 0.3) is 0 Å². The van der Waals surface area contributed by atoms with Gasteiger partial charge in [-0.2, -0.15) is 4.98 Å². The van der Waals surface area contributed by atoms with Crippen molar-refractivity contribution in [3.8, 4) is 5.88 Å². The van der Waals surface area contributed by atoms with Gasteiger partial charge in [-0.25, -0.2) is 4.39 Å². The second kappa shape index (κ2) is 6.81. The van der Waals surface area contributed by atoms with Crippen LogP contribution in [0.15, 0.2) is 16.6 Å². The summed E-state index contributed by atoms with van der Waals surface area (Å²) in [5.74, 6) is 0.188. The Kier molecular flexibility index (Phi) is 5.29. The Labute approximate surface area is 140 Å². The number of nitrogens with zero attached hydrogens (tertiary/aromatic N) is 2. The van der Waals surface area contributed by atoms with Crippen LogP contribution < -0.4 is 15.0 Å². The Hall–Kier alpha value is -1.05. The zero-order valence-electron chi connectivity index (χ0n) is 11.7. The van der Waals surface area contributed by atoms with Crippen LogP contribution in [-0.4, -0.2) is 26.2 Å². The van der Waals surface area contributed by atoms with E-state index in [9.17, 15) is 4.39 Å². The van der Waals surface area contributed by atoms with Gasteiger partial charge in [0.2, 0.25) is 5.88 Å². The lowest BCUT2D eigenvalue weighted by Crippen LogP contribution is -2.07. The molecule has 0 radical (unpaired) electrons. The molecule has 114 valence electrons. The van der Waals surface area contributed by atoms with Crippen molar-refractivity contribution in [3.05, 3.63) is 32.3 Å². The second-order valence-electron chi connectivity index (χ2n) is 4.42. The van der Waals surface area contributed by atoms with Crippen molar-refractivity contribution in [1.29, 1.82) is 0 Å². The van der Waals surface area contributed by atoms with Crippen molar-refractivity contribution in [1.82, 2.24) is 4.98 Å². The molecule has 0 saturated heterocycles. The van der Waals surface area contributed by atoms with Crippen molar-refractivity contribution in [2.45, 2.75) is 6.54 Å². The molecule has 0 atom stereocenters. The van der Waals surface area contributed by atoms with Gasteiger partial charge in [0.05, 0.1) is 29.2 Å². The lowest BCUT2D eigenvalue weighted by atomic mass is 10.3. The maximum absolute atomic E-state index is 13.2. The molecule has 0 fully saturated rings. The smallest absolute Gasteiger partial charge is 0.231 e. The Morgan fingerprint density at radius 2 is 2.19 bits per heavy atom. The molecule has 2 aromatic rings. The summed E-state index contributed by atoms with van der Waals surface area (Å²) in [7, 11) is 5.42. The summed E-state index contributed by atoms with van der Waals surface area (Å²) in [6.45, 7) is 0.485. The highest BCUT2D eigenvalue weighted by molar-refractivity contribution is 9.10. The number of ether oxygens (including phenoxy) is 1. The Bertz CT molecular complexity index is 627. The number of nitrogens with one attached hydrogen (secondary N) is 1. The van der Waals surface area contributed by atoms with Crippen LogP contribution in [0.5, 0.6) is 5.88 Å². The van der Waals surface area contributed by atoms with Gasteiger partial charge < -0.3 is 15.0 Å². The Balaban J connectivity index is 2.20. The molecule has 1 aromatic heterocycles. The maximum Gasteiger partial charge on any atom is 0.231 e. The highest BCUT2D eigenvalue weighted by Crippen LogP contribution is 2.35. The molecule has 0 bridgehead atoms. The normalized spacial score (nSPS) is 10.6. The first-order valence-electron chi connectivity index (χ1n) is 6.01. The molecule has 0 aliphatic heterocycles. The summed E-state index contributed by atoms with van der Waals surface area (Å²) >= 11 is 10.9. The molecule has 1 aromatic carbocycles. The van der Waals surface area contributed by atoms with Crippen molar-refractivity contribution >= 4 is 49.7 Å². The number of thiazole rings is 1. The SMILES string of the molecule is COc1nc(N(C)C)sc1CNc1c(Cl)cc(F)cc1Br. The summed E-state index contributed by atoms with van der Waals surface area (Å²) < 4.78 is 19.1. The molecule has 1 N–H and O–H groups in total. The molecule has 21 heavy (non-hydrogen) atoms. The van der Waals surface area contributed by atoms with E-state index in [4.69, 9.17) is 16.3 Å². The maximum atomic E-state index is 13.2. The summed E-state index contributed by atoms with van der Waals surface area (Å²) in [5, 5.41) is 4.35. The first kappa shape index (κ1) is 16.3. The van der Waals surface area contributed by atoms with E-state index in [1.165, 1.54) is 23.5 Å². The van der Waals surface area contributed by atoms with Crippen molar-refractivity contribution in [3.63, 3.8) is 0 Å². The number of benzene rings is 1. The monoisotopic (exact) mass is 393 g/mol. The number of aromatic nitrogens is 1. The summed E-state index contributed by atoms with van der Waals surface area (Å²) in [6.07, 6.45) is 0. The molecule has 0 aliphatic rings. The van der Waals surface area contributed by atoms with Crippen LogP contribution in [0.1, 0.15) is 4.88 Å². The minimum absolute atomic E-state index is 0.318. The van der Waals surface area contributed by atoms with Crippen LogP contribution in [0, 0.1) is 5.82 Å². The van der Waals surface area contributed by atoms with E-state index in [1.807, 2.05) is 19.0 Å². The van der Waals surface area contributed by atoms with E-state index in [2.05, 4.69) is 26.2 Å². The number of methoxy groups -OCH3 is 1. The van der Waals surface area contributed by atoms with Gasteiger partial charge in [-0.3, -0.25) is 0 Å². The quantitative estimate of drug-likeness (QED) is 0.816. The fourth-order valence-corrected chi connectivity index (χ4v) is 3.52. The molecule has 2 rings (SSSR count). The highest BCUT2D eigenvalue weighted by Gasteiger charge is 2.14. The molecule has 8 heteroatoms. The van der Waals surface area contributed by atoms with Crippen LogP contribution >= 0.6 is 38.9 Å². The third-order valence-electron chi connectivity index (χ3n) is 2.66. The van der Waals surface area contributed by atoms with Crippen LogP contribution in [0.2, 0.25) is 5.02 Å². The van der Waals surface area contributed by atoms with Crippen molar-refractivity contribution in [2.75, 3.05) is 31.4 Å². The van der Waals surface area contributed by atoms with E-state index in [1.54, 1.807) is 7.11 Å². The van der Waals surface area contributed by atoms with Crippen molar-refractivity contribution in [2.24, 2.45) is 0 Å². The van der Waals surface area contributed by atoms with Crippen molar-refractivity contribution < 1.29 is 9.13 Å². The Morgan fingerprint density at radius 1 is 1.48 bits per heavy atom. The van der Waals surface area contributed by atoms with Crippen LogP contribution in [0.25, 0.3) is 0 Å². The lowest BCUT2D eigenvalue weighted by molar-refractivity contribution is 0.397. The predicted molar refractivity (Wildman–Crippen MR) is 89.4 cm³/mol. The summed E-state index contributed by atoms with van der Waals surface area (Å²) in [4.78, 5) is 7.23. The number of hydrogen-bond acceptors (Lipinski definition) is 5. The average molecular weight is 395 g/mol. The minimum atomic E-state index is -0.386. The third kappa shape index (κ3) is 3.78. The molecule has 0 amide bonds. The van der Waals surface area contributed by atoms with Gasteiger partial charge in [0.1, 0.15) is 5.82 Å². The lowest BCUT2D eigenvalue weighted by Gasteiger charge is -2.10. The highest BCUT2D eigenvalue weighted by atomic mass is 79.9. The fourth-order valence-electron chi connectivity index (χ4n) is 1.67. The zero-order chi connectivity index (χ0) is 15.6. The number of rotatable bonds is 5. The van der Waals surface area contributed by atoms with Gasteiger partial charge in [-0.1, -0.05) is 22.9 Å². The second-order valence-corrected chi connectivity index (χ2v) is 6.74. The number of anilines is 2. The average Bonchev–Trinajstić information content (AvgIpc) is 2.81. The molecule has 0 unspecified atom stereocenters. The zero-order valence-corrected chi connectivity index (χ0v) is 14.9. The van der Waals surface area contributed by atoms with Crippen LogP contribution in [0.4, 0.5) is 15.2 Å². The summed E-state index contributed by atoms with van der Waals surface area (Å²) in [6, 6.07) is 2.63. The van der Waals surface area contributed by atoms with Crippen LogP contribution in [-0.2, 0) is 6.54 Å². The largest absolute Gasteiger partial charge is 0.480 e. The molecule has 0 aliphatic carbocycles. The number of hydrogen-bond donors (Lipinski definition) is 1. The fraction of sp³-hybridized carbons (Fsp3) is 0.308. The Morgan fingerprint density at radius 3 is 2.76 bits per heavy atom. The van der Waals surface area contributed by atoms with Crippen LogP contribution in [0.3, 0.4) is 0 Å². The van der Waals surface area contributed by atoms with Gasteiger partial charge in [0.15, 0.2) is 5.13 Å². The predicted octanol–water partition coefficient (Wildman–Crippen LogP) is 4.38. The standard InChI is InChI=1S/C13H14BrClFN3OS/c1-19(2)13-18-12(20-3)10(21-13)6-17-11-8(14)4-7(16)5-9(11)15/h4-5,17H,6H2,1-3H3. The van der Waals surface area contributed by atoms with Gasteiger partial charge >= 0.3 is 0 Å². The van der Waals surface area contributed by atoms with Gasteiger partial charge in [0, 0.05) is 18.6 Å². The summed E-state index contributed by atoms with van der Waals surface area (Å²) in [5.41, 5.74) is 0.639. The molecule has 0 saturated carbocycles. The topological polar surface area (TPSA) is 37.4 Å². The van der Waals surface area contributed by atoms with Gasteiger partial charge in [-0.15, -0.1) is 0 Å². The van der Waals surface area contributed by atoms with E-state index < -0.39 is 0 Å². The molecular formula is C13H14BrClFN3OS. The van der Waals surface area contributed by atoms with Gasteiger partial charge in [-0.05, 0) is 28.1 Å². The first-order chi connectivity index (χ1) is 9.92. The minimum Gasteiger partial charge on any atom is -0.480 e. The van der Waals surface area contributed by atoms with E-state index in [0.717, 1.165) is 10.0 Å². The van der Waals surface area contributed by atoms with E-state index in [-0.39, 0.29) is 5.82 Å². The third-order valence-corrected chi connectivity index (χ3v) is 4.79. The first-order valence-corrected chi connectivity index (χ1v) is 8.00. The molecule has 0 spiro atoms. The van der Waals surface area contributed by atoms with E-state index >= 15 is 0 Å². The number of halogens is 3. The molecule has 1 heterocycles. The molecule has 4 nitrogen and oxygen atoms in total. The van der Waals surface area contributed by atoms with E-state index in [0.29, 0.717) is 27.6 Å².